The lowest BCUT2D eigenvalue weighted by Gasteiger charge is -1.95. The molecule has 2 aromatic rings. The number of rotatable bonds is 3. The van der Waals surface area contributed by atoms with E-state index in [9.17, 15) is 0 Å². The van der Waals surface area contributed by atoms with Crippen molar-refractivity contribution in [2.75, 3.05) is 0 Å². The molecule has 0 unspecified atom stereocenters. The number of aryl methyl sites for hydroxylation is 1. The van der Waals surface area contributed by atoms with Gasteiger partial charge in [0, 0.05) is 5.38 Å². The molecule has 0 aliphatic rings. The van der Waals surface area contributed by atoms with Crippen molar-refractivity contribution < 1.29 is 0 Å². The number of aromatic nitrogens is 5. The Labute approximate surface area is 89.8 Å². The van der Waals surface area contributed by atoms with Gasteiger partial charge in [0.1, 0.15) is 0 Å². The van der Waals surface area contributed by atoms with Gasteiger partial charge >= 0.3 is 0 Å². The second kappa shape index (κ2) is 3.97. The Morgan fingerprint density at radius 3 is 3.07 bits per heavy atom. The maximum atomic E-state index is 4.95. The van der Waals surface area contributed by atoms with Crippen LogP contribution in [0.15, 0.2) is 5.38 Å². The molecule has 74 valence electrons. The number of nitrogens with zero attached hydrogens (tertiary/aromatic N) is 4. The maximum Gasteiger partial charge on any atom is 0.238 e. The minimum Gasteiger partial charge on any atom is -0.244 e. The van der Waals surface area contributed by atoms with E-state index in [1.807, 2.05) is 5.38 Å². The maximum absolute atomic E-state index is 4.95. The first kappa shape index (κ1) is 9.47. The zero-order valence-corrected chi connectivity index (χ0v) is 9.23. The van der Waals surface area contributed by atoms with Crippen molar-refractivity contribution in [2.45, 2.75) is 19.9 Å². The van der Waals surface area contributed by atoms with E-state index >= 15 is 0 Å². The molecule has 5 nitrogen and oxygen atoms in total. The molecule has 0 saturated carbocycles. The Morgan fingerprint density at radius 1 is 1.64 bits per heavy atom. The van der Waals surface area contributed by atoms with Crippen LogP contribution in [0.2, 0.25) is 0 Å². The van der Waals surface area contributed by atoms with Gasteiger partial charge in [0.2, 0.25) is 4.77 Å². The molecule has 0 aromatic carbocycles. The van der Waals surface area contributed by atoms with Crippen molar-refractivity contribution in [3.05, 3.63) is 20.9 Å². The lowest BCUT2D eigenvalue weighted by Crippen LogP contribution is -2.02. The summed E-state index contributed by atoms with van der Waals surface area (Å²) in [6, 6.07) is 0. The molecular weight excluding hydrogens is 218 g/mol. The average molecular weight is 227 g/mol. The molecule has 0 spiro atoms. The fourth-order valence-corrected chi connectivity index (χ4v) is 1.95. The second-order valence-electron chi connectivity index (χ2n) is 2.75. The molecule has 2 heterocycles. The molecule has 0 fully saturated rings. The second-order valence-corrected chi connectivity index (χ2v) is 4.06. The SMILES string of the molecule is CCc1nc(Cn2[nH]nnc2=S)cs1. The summed E-state index contributed by atoms with van der Waals surface area (Å²) in [6.07, 6.45) is 0.970. The molecule has 7 heteroatoms. The van der Waals surface area contributed by atoms with E-state index in [4.69, 9.17) is 12.2 Å². The number of thiazole rings is 1. The van der Waals surface area contributed by atoms with Gasteiger partial charge in [-0.2, -0.15) is 5.21 Å². The van der Waals surface area contributed by atoms with Gasteiger partial charge < -0.3 is 0 Å². The van der Waals surface area contributed by atoms with Crippen LogP contribution in [0.1, 0.15) is 17.6 Å². The van der Waals surface area contributed by atoms with Crippen LogP contribution >= 0.6 is 23.6 Å². The van der Waals surface area contributed by atoms with E-state index in [0.717, 1.165) is 17.1 Å². The van der Waals surface area contributed by atoms with Gasteiger partial charge in [0.05, 0.1) is 17.2 Å². The van der Waals surface area contributed by atoms with Crippen molar-refractivity contribution in [1.29, 1.82) is 0 Å². The van der Waals surface area contributed by atoms with Gasteiger partial charge in [0.25, 0.3) is 0 Å². The van der Waals surface area contributed by atoms with Crippen LogP contribution in [0.5, 0.6) is 0 Å². The van der Waals surface area contributed by atoms with Crippen molar-refractivity contribution in [1.82, 2.24) is 25.2 Å². The molecule has 0 saturated heterocycles. The molecule has 0 aliphatic heterocycles. The van der Waals surface area contributed by atoms with Gasteiger partial charge in [-0.15, -0.1) is 11.3 Å². The fraction of sp³-hybridized carbons (Fsp3) is 0.429. The Hall–Kier alpha value is -1.08. The van der Waals surface area contributed by atoms with E-state index in [2.05, 4.69) is 27.4 Å². The smallest absolute Gasteiger partial charge is 0.238 e. The Bertz CT molecular complexity index is 468. The van der Waals surface area contributed by atoms with Crippen LogP contribution in [0.3, 0.4) is 0 Å². The molecule has 0 bridgehead atoms. The Kier molecular flexibility index (Phi) is 2.69. The number of hydrogen-bond acceptors (Lipinski definition) is 5. The van der Waals surface area contributed by atoms with E-state index in [1.54, 1.807) is 16.0 Å². The highest BCUT2D eigenvalue weighted by molar-refractivity contribution is 7.71. The summed E-state index contributed by atoms with van der Waals surface area (Å²) in [5, 5.41) is 13.2. The highest BCUT2D eigenvalue weighted by atomic mass is 32.1. The largest absolute Gasteiger partial charge is 0.244 e. The molecule has 0 atom stereocenters. The molecule has 0 amide bonds. The standard InChI is InChI=1S/C7H9N5S2/c1-2-6-8-5(4-14-6)3-12-7(13)9-10-11-12/h4H,2-3H2,1H3,(H,9,11,13). The molecule has 1 N–H and O–H groups in total. The van der Waals surface area contributed by atoms with Gasteiger partial charge in [-0.05, 0) is 18.6 Å². The minimum absolute atomic E-state index is 0.455. The summed E-state index contributed by atoms with van der Waals surface area (Å²) in [4.78, 5) is 4.42. The molecule has 0 radical (unpaired) electrons. The zero-order chi connectivity index (χ0) is 9.97. The number of tetrazole rings is 1. The van der Waals surface area contributed by atoms with E-state index in [0.29, 0.717) is 11.3 Å². The van der Waals surface area contributed by atoms with Crippen LogP contribution in [0.4, 0.5) is 0 Å². The van der Waals surface area contributed by atoms with Crippen molar-refractivity contribution >= 4 is 23.6 Å². The number of hydrogen-bond donors (Lipinski definition) is 1. The summed E-state index contributed by atoms with van der Waals surface area (Å²) < 4.78 is 2.14. The normalized spacial score (nSPS) is 10.6. The van der Waals surface area contributed by atoms with Crippen molar-refractivity contribution in [2.24, 2.45) is 0 Å². The first-order valence-electron chi connectivity index (χ1n) is 4.20. The highest BCUT2D eigenvalue weighted by Crippen LogP contribution is 2.10. The van der Waals surface area contributed by atoms with E-state index < -0.39 is 0 Å². The summed E-state index contributed by atoms with van der Waals surface area (Å²) >= 11 is 6.62. The summed E-state index contributed by atoms with van der Waals surface area (Å²) in [5.41, 5.74) is 0.994. The van der Waals surface area contributed by atoms with Crippen LogP contribution in [0, 0.1) is 4.77 Å². The monoisotopic (exact) mass is 227 g/mol. The van der Waals surface area contributed by atoms with Gasteiger partial charge in [0.15, 0.2) is 0 Å². The fourth-order valence-electron chi connectivity index (χ4n) is 1.06. The first-order valence-corrected chi connectivity index (χ1v) is 5.49. The predicted molar refractivity (Wildman–Crippen MR) is 55.8 cm³/mol. The van der Waals surface area contributed by atoms with Gasteiger partial charge in [-0.25, -0.2) is 9.67 Å². The number of nitrogens with one attached hydrogen (secondary N) is 1. The average Bonchev–Trinajstić information content (AvgIpc) is 2.77. The van der Waals surface area contributed by atoms with Gasteiger partial charge in [-0.3, -0.25) is 0 Å². The summed E-state index contributed by atoms with van der Waals surface area (Å²) in [7, 11) is 0. The van der Waals surface area contributed by atoms with Crippen LogP contribution in [0.25, 0.3) is 0 Å². The summed E-state index contributed by atoms with van der Waals surface area (Å²) in [5.74, 6) is 0. The highest BCUT2D eigenvalue weighted by Gasteiger charge is 2.02. The topological polar surface area (TPSA) is 59.4 Å². The molecule has 14 heavy (non-hydrogen) atoms. The number of aromatic amines is 1. The molecule has 2 aromatic heterocycles. The van der Waals surface area contributed by atoms with Crippen molar-refractivity contribution in [3.63, 3.8) is 0 Å². The lowest BCUT2D eigenvalue weighted by atomic mass is 10.5. The molecular formula is C7H9N5S2. The van der Waals surface area contributed by atoms with Crippen molar-refractivity contribution in [3.8, 4) is 0 Å². The Morgan fingerprint density at radius 2 is 2.50 bits per heavy atom. The van der Waals surface area contributed by atoms with Crippen LogP contribution in [-0.2, 0) is 13.0 Å². The third kappa shape index (κ3) is 1.88. The third-order valence-corrected chi connectivity index (χ3v) is 3.10. The van der Waals surface area contributed by atoms with Gasteiger partial charge in [-0.1, -0.05) is 17.2 Å². The third-order valence-electron chi connectivity index (χ3n) is 1.75. The summed E-state index contributed by atoms with van der Waals surface area (Å²) in [6.45, 7) is 2.70. The minimum atomic E-state index is 0.455. The van der Waals surface area contributed by atoms with E-state index in [1.165, 1.54) is 0 Å². The molecule has 2 rings (SSSR count). The zero-order valence-electron chi connectivity index (χ0n) is 7.60. The molecule has 0 aliphatic carbocycles. The van der Waals surface area contributed by atoms with Crippen LogP contribution in [-0.4, -0.2) is 25.2 Å². The van der Waals surface area contributed by atoms with E-state index in [-0.39, 0.29) is 0 Å². The lowest BCUT2D eigenvalue weighted by molar-refractivity contribution is 0.632. The number of H-pyrrole nitrogens is 1. The quantitative estimate of drug-likeness (QED) is 0.805. The van der Waals surface area contributed by atoms with Crippen LogP contribution < -0.4 is 0 Å². The Balaban J connectivity index is 2.19. The predicted octanol–water partition coefficient (Wildman–Crippen LogP) is 1.40. The first-order chi connectivity index (χ1) is 6.79.